The monoisotopic (exact) mass is 267 g/mol. The van der Waals surface area contributed by atoms with Crippen LogP contribution in [0.2, 0.25) is 0 Å². The Labute approximate surface area is 115 Å². The van der Waals surface area contributed by atoms with Crippen LogP contribution in [0.1, 0.15) is 43.9 Å². The van der Waals surface area contributed by atoms with Gasteiger partial charge in [-0.2, -0.15) is 11.8 Å². The molecule has 2 unspecified atom stereocenters. The third kappa shape index (κ3) is 5.01. The van der Waals surface area contributed by atoms with Gasteiger partial charge in [-0.25, -0.2) is 0 Å². The van der Waals surface area contributed by atoms with E-state index in [1.54, 1.807) is 0 Å². The molecule has 3 heteroatoms. The van der Waals surface area contributed by atoms with Crippen LogP contribution in [0, 0.1) is 5.92 Å². The minimum absolute atomic E-state index is 0.0853. The summed E-state index contributed by atoms with van der Waals surface area (Å²) < 4.78 is 0. The third-order valence-corrected chi connectivity index (χ3v) is 4.44. The summed E-state index contributed by atoms with van der Waals surface area (Å²) in [7, 11) is 0. The largest absolute Gasteiger partial charge is 0.396 e. The van der Waals surface area contributed by atoms with Gasteiger partial charge < -0.3 is 10.8 Å². The molecule has 0 saturated carbocycles. The van der Waals surface area contributed by atoms with Crippen LogP contribution in [0.3, 0.4) is 0 Å². The van der Waals surface area contributed by atoms with Gasteiger partial charge in [-0.15, -0.1) is 0 Å². The molecule has 0 heterocycles. The quantitative estimate of drug-likeness (QED) is 0.797. The van der Waals surface area contributed by atoms with Crippen molar-refractivity contribution in [1.82, 2.24) is 0 Å². The maximum absolute atomic E-state index is 8.95. The van der Waals surface area contributed by atoms with Gasteiger partial charge in [0, 0.05) is 18.4 Å². The molecule has 2 nitrogen and oxygen atoms in total. The molecular weight excluding hydrogens is 242 g/mol. The fourth-order valence-electron chi connectivity index (χ4n) is 1.67. The molecule has 0 saturated heterocycles. The maximum Gasteiger partial charge on any atom is 0.0464 e. The number of aliphatic hydroxyl groups is 1. The summed E-state index contributed by atoms with van der Waals surface area (Å²) in [6.45, 7) is 6.70. The summed E-state index contributed by atoms with van der Waals surface area (Å²) in [6.07, 6.45) is 0. The highest BCUT2D eigenvalue weighted by Crippen LogP contribution is 2.21. The molecule has 0 aliphatic rings. The predicted molar refractivity (Wildman–Crippen MR) is 81.0 cm³/mol. The van der Waals surface area contributed by atoms with E-state index in [4.69, 9.17) is 10.8 Å². The van der Waals surface area contributed by atoms with Gasteiger partial charge in [0.1, 0.15) is 0 Å². The molecule has 0 spiro atoms. The molecule has 0 amide bonds. The third-order valence-electron chi connectivity index (χ3n) is 3.04. The van der Waals surface area contributed by atoms with Crippen LogP contribution in [0.15, 0.2) is 24.3 Å². The summed E-state index contributed by atoms with van der Waals surface area (Å²) in [5, 5.41) is 8.95. The van der Waals surface area contributed by atoms with Gasteiger partial charge in [0.05, 0.1) is 0 Å². The molecule has 18 heavy (non-hydrogen) atoms. The van der Waals surface area contributed by atoms with Crippen molar-refractivity contribution in [3.63, 3.8) is 0 Å². The summed E-state index contributed by atoms with van der Waals surface area (Å²) in [5.41, 5.74) is 8.72. The van der Waals surface area contributed by atoms with Gasteiger partial charge in [-0.1, -0.05) is 45.0 Å². The van der Waals surface area contributed by atoms with Crippen molar-refractivity contribution >= 4 is 11.8 Å². The van der Waals surface area contributed by atoms with Gasteiger partial charge in [0.25, 0.3) is 0 Å². The first-order valence-electron chi connectivity index (χ1n) is 6.58. The second-order valence-corrected chi connectivity index (χ2v) is 6.33. The number of hydrogen-bond donors (Lipinski definition) is 2. The Kier molecular flexibility index (Phi) is 6.76. The zero-order valence-electron chi connectivity index (χ0n) is 11.6. The first-order chi connectivity index (χ1) is 8.54. The minimum Gasteiger partial charge on any atom is -0.396 e. The van der Waals surface area contributed by atoms with Crippen molar-refractivity contribution in [3.05, 3.63) is 35.4 Å². The molecule has 0 fully saturated rings. The summed E-state index contributed by atoms with van der Waals surface area (Å²) in [4.78, 5) is 0. The second-order valence-electron chi connectivity index (χ2n) is 5.25. The molecular formula is C15H25NOS. The van der Waals surface area contributed by atoms with Gasteiger partial charge in [0.15, 0.2) is 0 Å². The fourth-order valence-corrected chi connectivity index (χ4v) is 2.76. The first-order valence-corrected chi connectivity index (χ1v) is 7.74. The van der Waals surface area contributed by atoms with Crippen LogP contribution < -0.4 is 5.73 Å². The maximum atomic E-state index is 8.95. The molecule has 102 valence electrons. The average molecular weight is 267 g/mol. The van der Waals surface area contributed by atoms with Crippen molar-refractivity contribution in [1.29, 1.82) is 0 Å². The standard InChI is InChI=1S/C15H25NOS/c1-11(2)13-4-6-14(7-5-13)15(16)10-18-9-12(3)8-17/h4-7,11-12,15,17H,8-10,16H2,1-3H3. The van der Waals surface area contributed by atoms with E-state index in [2.05, 4.69) is 45.0 Å². The van der Waals surface area contributed by atoms with Crippen LogP contribution in [0.4, 0.5) is 0 Å². The molecule has 1 aromatic rings. The minimum atomic E-state index is 0.0853. The van der Waals surface area contributed by atoms with Gasteiger partial charge in [-0.05, 0) is 28.7 Å². The van der Waals surface area contributed by atoms with Crippen LogP contribution >= 0.6 is 11.8 Å². The van der Waals surface area contributed by atoms with E-state index in [1.165, 1.54) is 11.1 Å². The van der Waals surface area contributed by atoms with E-state index in [9.17, 15) is 0 Å². The molecule has 0 radical (unpaired) electrons. The number of benzene rings is 1. The van der Waals surface area contributed by atoms with Gasteiger partial charge in [-0.3, -0.25) is 0 Å². The fraction of sp³-hybridized carbons (Fsp3) is 0.600. The Bertz CT molecular complexity index is 337. The van der Waals surface area contributed by atoms with E-state index in [-0.39, 0.29) is 12.6 Å². The van der Waals surface area contributed by atoms with E-state index in [0.29, 0.717) is 11.8 Å². The molecule has 2 atom stereocenters. The Morgan fingerprint density at radius 1 is 1.06 bits per heavy atom. The molecule has 0 aliphatic heterocycles. The average Bonchev–Trinajstić information content (AvgIpc) is 2.38. The van der Waals surface area contributed by atoms with Crippen molar-refractivity contribution in [2.45, 2.75) is 32.7 Å². The predicted octanol–water partition coefficient (Wildman–Crippen LogP) is 3.17. The number of rotatable bonds is 7. The smallest absolute Gasteiger partial charge is 0.0464 e. The molecule has 0 bridgehead atoms. The van der Waals surface area contributed by atoms with E-state index < -0.39 is 0 Å². The van der Waals surface area contributed by atoms with Crippen molar-refractivity contribution in [3.8, 4) is 0 Å². The SMILES string of the molecule is CC(CO)CSCC(N)c1ccc(C(C)C)cc1. The summed E-state index contributed by atoms with van der Waals surface area (Å²) in [5.74, 6) is 2.79. The summed E-state index contributed by atoms with van der Waals surface area (Å²) >= 11 is 1.81. The molecule has 3 N–H and O–H groups in total. The van der Waals surface area contributed by atoms with Crippen LogP contribution in [0.5, 0.6) is 0 Å². The van der Waals surface area contributed by atoms with Crippen LogP contribution in [0.25, 0.3) is 0 Å². The molecule has 1 aromatic carbocycles. The van der Waals surface area contributed by atoms with Crippen molar-refractivity contribution < 1.29 is 5.11 Å². The van der Waals surface area contributed by atoms with Crippen LogP contribution in [-0.4, -0.2) is 23.2 Å². The van der Waals surface area contributed by atoms with Crippen LogP contribution in [-0.2, 0) is 0 Å². The Balaban J connectivity index is 2.44. The Hall–Kier alpha value is -0.510. The normalized spacial score (nSPS) is 14.8. The lowest BCUT2D eigenvalue weighted by atomic mass is 10.00. The Morgan fingerprint density at radius 2 is 1.61 bits per heavy atom. The molecule has 0 aromatic heterocycles. The lowest BCUT2D eigenvalue weighted by molar-refractivity contribution is 0.250. The highest BCUT2D eigenvalue weighted by molar-refractivity contribution is 7.99. The van der Waals surface area contributed by atoms with Gasteiger partial charge >= 0.3 is 0 Å². The van der Waals surface area contributed by atoms with Crippen molar-refractivity contribution in [2.75, 3.05) is 18.1 Å². The Morgan fingerprint density at radius 3 is 2.11 bits per heavy atom. The van der Waals surface area contributed by atoms with E-state index in [0.717, 1.165) is 11.5 Å². The zero-order valence-corrected chi connectivity index (χ0v) is 12.4. The first kappa shape index (κ1) is 15.5. The van der Waals surface area contributed by atoms with E-state index in [1.807, 2.05) is 11.8 Å². The number of nitrogens with two attached hydrogens (primary N) is 1. The second kappa shape index (κ2) is 7.82. The summed E-state index contributed by atoms with van der Waals surface area (Å²) in [6, 6.07) is 8.69. The zero-order chi connectivity index (χ0) is 13.5. The lowest BCUT2D eigenvalue weighted by Gasteiger charge is -2.14. The molecule has 0 aliphatic carbocycles. The topological polar surface area (TPSA) is 46.2 Å². The lowest BCUT2D eigenvalue weighted by Crippen LogP contribution is -2.14. The number of hydrogen-bond acceptors (Lipinski definition) is 3. The van der Waals surface area contributed by atoms with E-state index >= 15 is 0 Å². The highest BCUT2D eigenvalue weighted by Gasteiger charge is 2.08. The number of aliphatic hydroxyl groups excluding tert-OH is 1. The van der Waals surface area contributed by atoms with Gasteiger partial charge in [0.2, 0.25) is 0 Å². The highest BCUT2D eigenvalue weighted by atomic mass is 32.2. The molecule has 1 rings (SSSR count). The number of thioether (sulfide) groups is 1. The van der Waals surface area contributed by atoms with Crippen molar-refractivity contribution in [2.24, 2.45) is 11.7 Å².